The first kappa shape index (κ1) is 19.8. The Balaban J connectivity index is 1.60. The molecule has 0 unspecified atom stereocenters. The molecule has 0 spiro atoms. The van der Waals surface area contributed by atoms with Crippen LogP contribution in [0.15, 0.2) is 53.4 Å². The summed E-state index contributed by atoms with van der Waals surface area (Å²) in [6, 6.07) is 12.2. The number of likely N-dealkylation sites (tertiary alicyclic amines) is 1. The highest BCUT2D eigenvalue weighted by Gasteiger charge is 2.46. The van der Waals surface area contributed by atoms with E-state index in [2.05, 4.69) is 4.90 Å². The molecule has 0 radical (unpaired) electrons. The fourth-order valence-corrected chi connectivity index (χ4v) is 4.74. The summed E-state index contributed by atoms with van der Waals surface area (Å²) in [5, 5.41) is 12.8. The smallest absolute Gasteiger partial charge is 0.295 e. The van der Waals surface area contributed by atoms with Crippen molar-refractivity contribution in [2.45, 2.75) is 12.5 Å². The van der Waals surface area contributed by atoms with Gasteiger partial charge >= 0.3 is 0 Å². The Bertz CT molecular complexity index is 889. The molecule has 1 amide bonds. The zero-order valence-corrected chi connectivity index (χ0v) is 16.9. The quantitative estimate of drug-likeness (QED) is 0.449. The number of ether oxygens (including phenoxy) is 1. The first-order valence-corrected chi connectivity index (χ1v) is 10.7. The van der Waals surface area contributed by atoms with Crippen LogP contribution in [0.2, 0.25) is 0 Å². The Kier molecular flexibility index (Phi) is 6.08. The molecule has 1 N–H and O–H groups in total. The van der Waals surface area contributed by atoms with Crippen molar-refractivity contribution in [2.24, 2.45) is 0 Å². The number of rotatable bonds is 6. The summed E-state index contributed by atoms with van der Waals surface area (Å²) in [5.41, 5.74) is 0.718. The van der Waals surface area contributed by atoms with Gasteiger partial charge in [-0.2, -0.15) is 0 Å². The predicted molar refractivity (Wildman–Crippen MR) is 112 cm³/mol. The van der Waals surface area contributed by atoms with Gasteiger partial charge in [-0.25, -0.2) is 0 Å². The number of morpholine rings is 1. The van der Waals surface area contributed by atoms with E-state index < -0.39 is 17.7 Å². The number of aliphatic hydroxyl groups is 1. The molecule has 0 aliphatic carbocycles. The molecule has 1 atom stereocenters. The molecule has 6 nitrogen and oxygen atoms in total. The Hall–Kier alpha value is -2.48. The standard InChI is InChI=1S/C22H24N2O4S/c25-20(16-6-2-1-3-7-16)18-19(17-8-4-15-29-17)24(22(27)21(18)26)10-5-9-23-11-13-28-14-12-23/h1-4,6-8,15,19,25H,5,9-14H2/b20-18+/t19-/m1/s1. The van der Waals surface area contributed by atoms with E-state index in [1.54, 1.807) is 29.2 Å². The second kappa shape index (κ2) is 8.90. The number of carbonyl (C=O) groups excluding carboxylic acids is 2. The van der Waals surface area contributed by atoms with Crippen LogP contribution in [0, 0.1) is 0 Å². The Labute approximate surface area is 174 Å². The number of nitrogens with zero attached hydrogens (tertiary/aromatic N) is 2. The fraction of sp³-hybridized carbons (Fsp3) is 0.364. The van der Waals surface area contributed by atoms with Gasteiger partial charge in [0.05, 0.1) is 24.8 Å². The zero-order chi connectivity index (χ0) is 20.2. The lowest BCUT2D eigenvalue weighted by Gasteiger charge is -2.28. The summed E-state index contributed by atoms with van der Waals surface area (Å²) >= 11 is 1.49. The minimum absolute atomic E-state index is 0.113. The highest BCUT2D eigenvalue weighted by molar-refractivity contribution is 7.10. The predicted octanol–water partition coefficient (Wildman–Crippen LogP) is 2.89. The number of benzene rings is 1. The Morgan fingerprint density at radius 2 is 1.83 bits per heavy atom. The minimum atomic E-state index is -0.615. The van der Waals surface area contributed by atoms with Crippen molar-refractivity contribution in [3.63, 3.8) is 0 Å². The van der Waals surface area contributed by atoms with Gasteiger partial charge < -0.3 is 14.7 Å². The third-order valence-corrected chi connectivity index (χ3v) is 6.30. The largest absolute Gasteiger partial charge is 0.507 e. The van der Waals surface area contributed by atoms with Crippen molar-refractivity contribution >= 4 is 28.8 Å². The lowest BCUT2D eigenvalue weighted by molar-refractivity contribution is -0.140. The summed E-state index contributed by atoms with van der Waals surface area (Å²) in [5.74, 6) is -1.27. The maximum Gasteiger partial charge on any atom is 0.295 e. The van der Waals surface area contributed by atoms with Crippen LogP contribution in [0.5, 0.6) is 0 Å². The number of hydrogen-bond acceptors (Lipinski definition) is 6. The van der Waals surface area contributed by atoms with E-state index in [-0.39, 0.29) is 11.3 Å². The highest BCUT2D eigenvalue weighted by atomic mass is 32.1. The second-order valence-corrected chi connectivity index (χ2v) is 8.16. The Morgan fingerprint density at radius 1 is 1.07 bits per heavy atom. The SMILES string of the molecule is O=C1C(=O)N(CCCN2CCOCC2)[C@H](c2cccs2)/C1=C(\O)c1ccccc1. The molecule has 0 saturated carbocycles. The second-order valence-electron chi connectivity index (χ2n) is 7.18. The maximum absolute atomic E-state index is 12.9. The van der Waals surface area contributed by atoms with E-state index in [9.17, 15) is 14.7 Å². The molecule has 29 heavy (non-hydrogen) atoms. The van der Waals surface area contributed by atoms with E-state index >= 15 is 0 Å². The molecular formula is C22H24N2O4S. The van der Waals surface area contributed by atoms with Gasteiger partial charge in [-0.1, -0.05) is 36.4 Å². The van der Waals surface area contributed by atoms with Gasteiger partial charge in [0.2, 0.25) is 0 Å². The van der Waals surface area contributed by atoms with Crippen molar-refractivity contribution in [3.05, 3.63) is 63.9 Å². The van der Waals surface area contributed by atoms with Crippen molar-refractivity contribution < 1.29 is 19.4 Å². The third-order valence-electron chi connectivity index (χ3n) is 5.38. The van der Waals surface area contributed by atoms with Gasteiger partial charge in [-0.15, -0.1) is 11.3 Å². The van der Waals surface area contributed by atoms with Gasteiger partial charge in [0.15, 0.2) is 0 Å². The van der Waals surface area contributed by atoms with Crippen LogP contribution in [-0.2, 0) is 14.3 Å². The summed E-state index contributed by atoms with van der Waals surface area (Å²) < 4.78 is 5.38. The summed E-state index contributed by atoms with van der Waals surface area (Å²) in [7, 11) is 0. The van der Waals surface area contributed by atoms with Crippen molar-refractivity contribution in [2.75, 3.05) is 39.4 Å². The van der Waals surface area contributed by atoms with E-state index in [0.29, 0.717) is 12.1 Å². The Morgan fingerprint density at radius 3 is 2.52 bits per heavy atom. The van der Waals surface area contributed by atoms with Gasteiger partial charge in [-0.05, 0) is 17.9 Å². The normalized spacial score (nSPS) is 22.3. The molecule has 2 aliphatic heterocycles. The maximum atomic E-state index is 12.9. The van der Waals surface area contributed by atoms with Crippen molar-refractivity contribution in [1.29, 1.82) is 0 Å². The van der Waals surface area contributed by atoms with Gasteiger partial charge in [0.1, 0.15) is 5.76 Å². The van der Waals surface area contributed by atoms with E-state index in [1.165, 1.54) is 11.3 Å². The lowest BCUT2D eigenvalue weighted by Crippen LogP contribution is -2.38. The molecule has 7 heteroatoms. The van der Waals surface area contributed by atoms with Crippen LogP contribution >= 0.6 is 11.3 Å². The topological polar surface area (TPSA) is 70.1 Å². The van der Waals surface area contributed by atoms with Crippen LogP contribution in [0.3, 0.4) is 0 Å². The summed E-state index contributed by atoms with van der Waals surface area (Å²) in [6.07, 6.45) is 0.764. The van der Waals surface area contributed by atoms with E-state index in [4.69, 9.17) is 4.74 Å². The lowest BCUT2D eigenvalue weighted by atomic mass is 10.00. The number of aliphatic hydroxyl groups excluding tert-OH is 1. The molecule has 4 rings (SSSR count). The molecule has 2 fully saturated rings. The average Bonchev–Trinajstić information content (AvgIpc) is 3.37. The molecule has 2 aromatic rings. The molecule has 0 bridgehead atoms. The first-order valence-electron chi connectivity index (χ1n) is 9.84. The molecule has 1 aromatic carbocycles. The van der Waals surface area contributed by atoms with Gasteiger partial charge in [0.25, 0.3) is 11.7 Å². The van der Waals surface area contributed by atoms with Crippen LogP contribution in [0.1, 0.15) is 22.9 Å². The molecular weight excluding hydrogens is 388 g/mol. The minimum Gasteiger partial charge on any atom is -0.507 e. The summed E-state index contributed by atoms with van der Waals surface area (Å²) in [4.78, 5) is 30.5. The molecule has 2 aliphatic rings. The molecule has 1 aromatic heterocycles. The number of ketones is 1. The van der Waals surface area contributed by atoms with Crippen LogP contribution < -0.4 is 0 Å². The van der Waals surface area contributed by atoms with Crippen LogP contribution in [0.4, 0.5) is 0 Å². The van der Waals surface area contributed by atoms with E-state index in [0.717, 1.165) is 44.1 Å². The third kappa shape index (κ3) is 4.12. The number of thiophene rings is 1. The van der Waals surface area contributed by atoms with Crippen molar-refractivity contribution in [3.8, 4) is 0 Å². The highest BCUT2D eigenvalue weighted by Crippen LogP contribution is 2.41. The van der Waals surface area contributed by atoms with Crippen LogP contribution in [-0.4, -0.2) is 66.0 Å². The number of carbonyl (C=O) groups is 2. The van der Waals surface area contributed by atoms with Gasteiger partial charge in [-0.3, -0.25) is 14.5 Å². The zero-order valence-electron chi connectivity index (χ0n) is 16.1. The average molecular weight is 413 g/mol. The van der Waals surface area contributed by atoms with Crippen molar-refractivity contribution in [1.82, 2.24) is 9.80 Å². The fourth-order valence-electron chi connectivity index (χ4n) is 3.89. The number of amides is 1. The number of Topliss-reactive ketones (excluding diaryl/α,β-unsaturated/α-hetero) is 1. The molecule has 152 valence electrons. The first-order chi connectivity index (χ1) is 14.2. The van der Waals surface area contributed by atoms with Crippen LogP contribution in [0.25, 0.3) is 5.76 Å². The molecule has 3 heterocycles. The van der Waals surface area contributed by atoms with E-state index in [1.807, 2.05) is 23.6 Å². The molecule has 2 saturated heterocycles. The monoisotopic (exact) mass is 412 g/mol. The summed E-state index contributed by atoms with van der Waals surface area (Å²) in [6.45, 7) is 4.56. The van der Waals surface area contributed by atoms with Gasteiger partial charge in [0, 0.05) is 36.6 Å². The number of hydrogen-bond donors (Lipinski definition) is 1.